The highest BCUT2D eigenvalue weighted by molar-refractivity contribution is 5.94. The molecule has 2 heterocycles. The van der Waals surface area contributed by atoms with E-state index in [0.717, 1.165) is 107 Å². The Bertz CT molecular complexity index is 1220. The Morgan fingerprint density at radius 3 is 2.35 bits per heavy atom. The molecule has 3 fully saturated rings. The smallest absolute Gasteiger partial charge is 0.303 e. The van der Waals surface area contributed by atoms with Gasteiger partial charge in [0.15, 0.2) is 0 Å². The number of aromatic hydroxyl groups is 1. The van der Waals surface area contributed by atoms with E-state index in [0.29, 0.717) is 6.04 Å². The van der Waals surface area contributed by atoms with Crippen molar-refractivity contribution in [2.24, 2.45) is 5.92 Å². The third-order valence-electron chi connectivity index (χ3n) is 9.43. The number of carbonyl (C=O) groups is 2. The van der Waals surface area contributed by atoms with E-state index in [1.165, 1.54) is 19.4 Å². The van der Waals surface area contributed by atoms with Gasteiger partial charge in [-0.25, -0.2) is 0 Å². The second kappa shape index (κ2) is 15.2. The second-order valence-corrected chi connectivity index (χ2v) is 13.0. The maximum absolute atomic E-state index is 13.8. The summed E-state index contributed by atoms with van der Waals surface area (Å²) in [6, 6.07) is 16.1. The van der Waals surface area contributed by atoms with Crippen LogP contribution >= 0.6 is 0 Å². The molecule has 0 radical (unpaired) electrons. The summed E-state index contributed by atoms with van der Waals surface area (Å²) in [7, 11) is 0. The highest BCUT2D eigenvalue weighted by atomic mass is 16.4. The molecule has 234 valence electrons. The van der Waals surface area contributed by atoms with E-state index in [1.54, 1.807) is 6.07 Å². The molecule has 1 aliphatic carbocycles. The molecule has 3 aliphatic rings. The second-order valence-electron chi connectivity index (χ2n) is 13.0. The van der Waals surface area contributed by atoms with Gasteiger partial charge < -0.3 is 24.9 Å². The number of nitrogens with zero attached hydrogens (tertiary/aromatic N) is 4. The van der Waals surface area contributed by atoms with Crippen LogP contribution in [-0.4, -0.2) is 107 Å². The summed E-state index contributed by atoms with van der Waals surface area (Å²) in [4.78, 5) is 34.1. The van der Waals surface area contributed by atoms with Crippen molar-refractivity contribution in [3.63, 3.8) is 0 Å². The van der Waals surface area contributed by atoms with Crippen LogP contribution in [0.3, 0.4) is 0 Å². The number of phenolic OH excluding ortho intramolecular Hbond substituents is 1. The van der Waals surface area contributed by atoms with Crippen LogP contribution in [0.25, 0.3) is 0 Å². The highest BCUT2D eigenvalue weighted by Gasteiger charge is 2.34. The lowest BCUT2D eigenvalue weighted by Gasteiger charge is -2.44. The molecule has 1 amide bonds. The van der Waals surface area contributed by atoms with Gasteiger partial charge in [0.1, 0.15) is 5.75 Å². The van der Waals surface area contributed by atoms with Crippen molar-refractivity contribution in [2.45, 2.75) is 70.4 Å². The first-order valence-corrected chi connectivity index (χ1v) is 16.5. The first-order chi connectivity index (χ1) is 20.9. The van der Waals surface area contributed by atoms with E-state index < -0.39 is 5.97 Å². The number of carboxylic acid groups (broad SMARTS) is 1. The van der Waals surface area contributed by atoms with Gasteiger partial charge in [-0.15, -0.1) is 0 Å². The van der Waals surface area contributed by atoms with Gasteiger partial charge >= 0.3 is 5.97 Å². The summed E-state index contributed by atoms with van der Waals surface area (Å²) in [5.74, 6) is 0.525. The fourth-order valence-corrected chi connectivity index (χ4v) is 6.92. The molecule has 0 bridgehead atoms. The van der Waals surface area contributed by atoms with Crippen LogP contribution < -0.4 is 0 Å². The Balaban J connectivity index is 1.24. The number of phenols is 1. The monoisotopic (exact) mass is 590 g/mol. The fraction of sp³-hybridized carbons (Fsp3) is 0.600. The Hall–Kier alpha value is -2.94. The van der Waals surface area contributed by atoms with E-state index in [9.17, 15) is 14.7 Å². The first-order valence-electron chi connectivity index (χ1n) is 16.5. The number of piperazine rings is 1. The van der Waals surface area contributed by atoms with Crippen molar-refractivity contribution >= 4 is 11.9 Å². The molecule has 5 rings (SSSR count). The lowest BCUT2D eigenvalue weighted by molar-refractivity contribution is -0.137. The van der Waals surface area contributed by atoms with Crippen molar-refractivity contribution < 1.29 is 19.8 Å². The molecule has 2 atom stereocenters. The Morgan fingerprint density at radius 1 is 0.860 bits per heavy atom. The van der Waals surface area contributed by atoms with Gasteiger partial charge in [-0.05, 0) is 93.4 Å². The summed E-state index contributed by atoms with van der Waals surface area (Å²) in [6.07, 6.45) is 7.77. The topological polar surface area (TPSA) is 87.6 Å². The molecule has 43 heavy (non-hydrogen) atoms. The molecule has 0 aromatic heterocycles. The van der Waals surface area contributed by atoms with Crippen molar-refractivity contribution in [1.29, 1.82) is 0 Å². The van der Waals surface area contributed by atoms with Crippen LogP contribution in [0.4, 0.5) is 0 Å². The van der Waals surface area contributed by atoms with E-state index in [1.807, 2.05) is 29.2 Å². The van der Waals surface area contributed by atoms with Crippen LogP contribution in [0.15, 0.2) is 48.5 Å². The minimum Gasteiger partial charge on any atom is -0.508 e. The Labute approximate surface area is 257 Å². The van der Waals surface area contributed by atoms with Gasteiger partial charge in [-0.3, -0.25) is 14.5 Å². The van der Waals surface area contributed by atoms with Crippen molar-refractivity contribution in [1.82, 2.24) is 19.6 Å². The minimum absolute atomic E-state index is 0.0342. The molecule has 0 spiro atoms. The zero-order valence-corrected chi connectivity index (χ0v) is 25.9. The minimum atomic E-state index is -0.714. The van der Waals surface area contributed by atoms with Crippen LogP contribution in [-0.2, 0) is 4.79 Å². The largest absolute Gasteiger partial charge is 0.508 e. The first kappa shape index (κ1) is 31.5. The van der Waals surface area contributed by atoms with Gasteiger partial charge in [0.2, 0.25) is 0 Å². The average molecular weight is 591 g/mol. The SMILES string of the molecule is CC1CN(CC2CC2)CCN1C(c1cccc(O)c1)c1cccc(C(=O)N2CCCN(CCCCCCC(=O)O)CC2)c1. The number of rotatable bonds is 13. The zero-order valence-electron chi connectivity index (χ0n) is 25.9. The van der Waals surface area contributed by atoms with Gasteiger partial charge in [0.25, 0.3) is 5.91 Å². The predicted octanol–water partition coefficient (Wildman–Crippen LogP) is 5.08. The number of amides is 1. The van der Waals surface area contributed by atoms with Gasteiger partial charge in [-0.1, -0.05) is 37.1 Å². The molecule has 1 saturated carbocycles. The summed E-state index contributed by atoms with van der Waals surface area (Å²) < 4.78 is 0. The normalized spacial score (nSPS) is 21.4. The summed E-state index contributed by atoms with van der Waals surface area (Å²) in [6.45, 7) is 10.9. The molecular weight excluding hydrogens is 540 g/mol. The third-order valence-corrected chi connectivity index (χ3v) is 9.43. The summed E-state index contributed by atoms with van der Waals surface area (Å²) in [5.41, 5.74) is 2.88. The molecule has 2 aliphatic heterocycles. The standard InChI is InChI=1S/C35H50N4O4/c1-27-25-37(26-28-14-15-28)20-22-39(27)34(30-10-7-12-32(40)24-30)29-9-6-11-31(23-29)35(43)38-18-8-17-36(19-21-38)16-5-3-2-4-13-33(41)42/h6-7,9-12,23-24,27-28,34,40H,2-5,8,13-22,25-26H2,1H3,(H,41,42). The van der Waals surface area contributed by atoms with Gasteiger partial charge in [-0.2, -0.15) is 0 Å². The van der Waals surface area contributed by atoms with Crippen LogP contribution in [0.1, 0.15) is 85.8 Å². The Morgan fingerprint density at radius 2 is 1.60 bits per heavy atom. The van der Waals surface area contributed by atoms with Crippen molar-refractivity contribution in [2.75, 3.05) is 58.9 Å². The molecule has 2 saturated heterocycles. The Kier molecular flexibility index (Phi) is 11.1. The van der Waals surface area contributed by atoms with Crippen molar-refractivity contribution in [3.05, 3.63) is 65.2 Å². The lowest BCUT2D eigenvalue weighted by atomic mass is 9.93. The van der Waals surface area contributed by atoms with Crippen LogP contribution in [0.2, 0.25) is 0 Å². The van der Waals surface area contributed by atoms with Crippen LogP contribution in [0.5, 0.6) is 5.75 Å². The molecule has 8 nitrogen and oxygen atoms in total. The third kappa shape index (κ3) is 9.03. The molecule has 2 aromatic carbocycles. The quantitative estimate of drug-likeness (QED) is 0.315. The molecule has 2 unspecified atom stereocenters. The van der Waals surface area contributed by atoms with E-state index in [-0.39, 0.29) is 24.1 Å². The number of benzene rings is 2. The molecular formula is C35H50N4O4. The zero-order chi connectivity index (χ0) is 30.2. The van der Waals surface area contributed by atoms with E-state index in [4.69, 9.17) is 5.11 Å². The van der Waals surface area contributed by atoms with E-state index in [2.05, 4.69) is 39.8 Å². The fourth-order valence-electron chi connectivity index (χ4n) is 6.92. The maximum Gasteiger partial charge on any atom is 0.303 e. The molecule has 8 heteroatoms. The number of hydrogen-bond acceptors (Lipinski definition) is 6. The number of unbranched alkanes of at least 4 members (excludes halogenated alkanes) is 3. The van der Waals surface area contributed by atoms with Gasteiger partial charge in [0, 0.05) is 63.8 Å². The number of carbonyl (C=O) groups excluding carboxylic acids is 1. The maximum atomic E-state index is 13.8. The molecule has 2 aromatic rings. The van der Waals surface area contributed by atoms with Crippen LogP contribution in [0, 0.1) is 5.92 Å². The average Bonchev–Trinajstić information content (AvgIpc) is 3.83. The van der Waals surface area contributed by atoms with Gasteiger partial charge in [0.05, 0.1) is 6.04 Å². The molecule has 2 N–H and O–H groups in total. The number of aliphatic carboxylic acids is 1. The van der Waals surface area contributed by atoms with Crippen molar-refractivity contribution in [3.8, 4) is 5.75 Å². The number of carboxylic acids is 1. The predicted molar refractivity (Wildman–Crippen MR) is 169 cm³/mol. The summed E-state index contributed by atoms with van der Waals surface area (Å²) in [5, 5.41) is 19.2. The highest BCUT2D eigenvalue weighted by Crippen LogP contribution is 2.35. The lowest BCUT2D eigenvalue weighted by Crippen LogP contribution is -2.53. The number of hydrogen-bond donors (Lipinski definition) is 2. The van der Waals surface area contributed by atoms with E-state index >= 15 is 0 Å². The summed E-state index contributed by atoms with van der Waals surface area (Å²) >= 11 is 0.